The van der Waals surface area contributed by atoms with Gasteiger partial charge in [0.05, 0.1) is 6.04 Å². The van der Waals surface area contributed by atoms with Gasteiger partial charge >= 0.3 is 6.09 Å². The van der Waals surface area contributed by atoms with E-state index >= 15 is 0 Å². The minimum atomic E-state index is -0.460. The second-order valence-electron chi connectivity index (χ2n) is 9.53. The van der Waals surface area contributed by atoms with E-state index in [0.29, 0.717) is 12.3 Å². The van der Waals surface area contributed by atoms with E-state index in [4.69, 9.17) is 4.74 Å². The molecule has 34 heavy (non-hydrogen) atoms. The molecule has 1 saturated heterocycles. The standard InChI is InChI=1S/C29H27FN2O2/c1-18-22(13-14-28(30)31-18)19-15-20-7-6-8-21(16-19)32(20)29(33)34-17-27-25-11-4-2-9-23(25)24-10-3-5-12-26(24)27/h2-5,9-15,20-21,27H,6-8,16-17H2,1H3. The van der Waals surface area contributed by atoms with Gasteiger partial charge in [-0.2, -0.15) is 4.39 Å². The van der Waals surface area contributed by atoms with Crippen molar-refractivity contribution in [3.63, 3.8) is 0 Å². The van der Waals surface area contributed by atoms with Crippen molar-refractivity contribution in [2.45, 2.75) is 50.6 Å². The molecule has 1 amide bonds. The highest BCUT2D eigenvalue weighted by molar-refractivity contribution is 5.79. The average molecular weight is 455 g/mol. The van der Waals surface area contributed by atoms with Gasteiger partial charge in [-0.1, -0.05) is 54.6 Å². The first-order valence-corrected chi connectivity index (χ1v) is 12.1. The van der Waals surface area contributed by atoms with Crippen LogP contribution in [0, 0.1) is 12.9 Å². The van der Waals surface area contributed by atoms with Crippen LogP contribution in [0.5, 0.6) is 0 Å². The van der Waals surface area contributed by atoms with Crippen LogP contribution in [0.2, 0.25) is 0 Å². The molecule has 0 radical (unpaired) electrons. The fraction of sp³-hybridized carbons (Fsp3) is 0.310. The summed E-state index contributed by atoms with van der Waals surface area (Å²) in [5.74, 6) is -0.404. The maximum Gasteiger partial charge on any atom is 0.410 e. The summed E-state index contributed by atoms with van der Waals surface area (Å²) < 4.78 is 19.5. The number of hydrogen-bond donors (Lipinski definition) is 0. The number of rotatable bonds is 3. The van der Waals surface area contributed by atoms with Crippen molar-refractivity contribution in [3.05, 3.63) is 95.1 Å². The third kappa shape index (κ3) is 3.51. The van der Waals surface area contributed by atoms with Crippen molar-refractivity contribution in [2.24, 2.45) is 0 Å². The van der Waals surface area contributed by atoms with E-state index in [1.165, 1.54) is 28.3 Å². The lowest BCUT2D eigenvalue weighted by Crippen LogP contribution is -2.52. The fourth-order valence-electron chi connectivity index (χ4n) is 6.05. The van der Waals surface area contributed by atoms with Crippen molar-refractivity contribution in [1.29, 1.82) is 0 Å². The van der Waals surface area contributed by atoms with Crippen LogP contribution in [0.25, 0.3) is 16.7 Å². The van der Waals surface area contributed by atoms with Gasteiger partial charge in [-0.05, 0) is 78.1 Å². The molecule has 2 aliphatic heterocycles. The SMILES string of the molecule is Cc1nc(F)ccc1C1=CC2CCCC(C1)N2C(=O)OCC1c2ccccc2-c2ccccc21. The second-order valence-corrected chi connectivity index (χ2v) is 9.53. The predicted octanol–water partition coefficient (Wildman–Crippen LogP) is 6.49. The summed E-state index contributed by atoms with van der Waals surface area (Å²) in [6.07, 6.45) is 5.63. The van der Waals surface area contributed by atoms with Gasteiger partial charge < -0.3 is 4.74 Å². The first kappa shape index (κ1) is 21.1. The molecule has 2 aromatic carbocycles. The Hall–Kier alpha value is -3.47. The van der Waals surface area contributed by atoms with Crippen molar-refractivity contribution in [3.8, 4) is 11.1 Å². The molecule has 2 atom stereocenters. The number of hydrogen-bond acceptors (Lipinski definition) is 3. The molecule has 0 N–H and O–H groups in total. The Bertz CT molecular complexity index is 1260. The summed E-state index contributed by atoms with van der Waals surface area (Å²) in [5, 5.41) is 0. The molecule has 0 saturated carbocycles. The second kappa shape index (κ2) is 8.39. The van der Waals surface area contributed by atoms with Crippen LogP contribution in [-0.2, 0) is 4.74 Å². The Kier molecular flexibility index (Phi) is 5.20. The highest BCUT2D eigenvalue weighted by atomic mass is 19.1. The van der Waals surface area contributed by atoms with Gasteiger partial charge in [-0.15, -0.1) is 0 Å². The van der Waals surface area contributed by atoms with Crippen LogP contribution < -0.4 is 0 Å². The Labute approximate surface area is 199 Å². The number of ether oxygens (including phenoxy) is 1. The zero-order chi connectivity index (χ0) is 23.2. The number of piperidine rings is 1. The summed E-state index contributed by atoms with van der Waals surface area (Å²) in [6, 6.07) is 20.1. The average Bonchev–Trinajstić information content (AvgIpc) is 3.15. The van der Waals surface area contributed by atoms with Crippen LogP contribution >= 0.6 is 0 Å². The molecular formula is C29H27FN2O2. The van der Waals surface area contributed by atoms with Gasteiger partial charge in [0, 0.05) is 17.7 Å². The Morgan fingerprint density at radius 2 is 1.71 bits per heavy atom. The van der Waals surface area contributed by atoms with Gasteiger partial charge in [0.2, 0.25) is 5.95 Å². The summed E-state index contributed by atoms with van der Waals surface area (Å²) in [4.78, 5) is 19.3. The van der Waals surface area contributed by atoms with E-state index in [1.54, 1.807) is 0 Å². The zero-order valence-corrected chi connectivity index (χ0v) is 19.2. The van der Waals surface area contributed by atoms with Crippen molar-refractivity contribution < 1.29 is 13.9 Å². The third-order valence-corrected chi connectivity index (χ3v) is 7.58. The van der Waals surface area contributed by atoms with E-state index in [2.05, 4.69) is 47.5 Å². The Morgan fingerprint density at radius 3 is 2.38 bits per heavy atom. The molecule has 1 aromatic heterocycles. The maximum absolute atomic E-state index is 13.5. The molecule has 172 valence electrons. The summed E-state index contributed by atoms with van der Waals surface area (Å²) in [5.41, 5.74) is 7.72. The number of pyridine rings is 1. The normalized spacial score (nSPS) is 21.0. The predicted molar refractivity (Wildman–Crippen MR) is 130 cm³/mol. The molecule has 6 rings (SSSR count). The maximum atomic E-state index is 13.5. The quantitative estimate of drug-likeness (QED) is 0.425. The van der Waals surface area contributed by atoms with Crippen molar-refractivity contribution >= 4 is 11.7 Å². The lowest BCUT2D eigenvalue weighted by molar-refractivity contribution is 0.0539. The Morgan fingerprint density at radius 1 is 1.00 bits per heavy atom. The van der Waals surface area contributed by atoms with Gasteiger partial charge in [0.25, 0.3) is 0 Å². The molecule has 0 spiro atoms. The van der Waals surface area contributed by atoms with E-state index in [0.717, 1.165) is 36.8 Å². The number of carbonyl (C=O) groups excluding carboxylic acids is 1. The molecule has 3 aliphatic rings. The fourth-order valence-corrected chi connectivity index (χ4v) is 6.05. The molecule has 1 fully saturated rings. The zero-order valence-electron chi connectivity index (χ0n) is 19.2. The number of halogens is 1. The van der Waals surface area contributed by atoms with Crippen LogP contribution in [0.1, 0.15) is 54.0 Å². The van der Waals surface area contributed by atoms with Gasteiger partial charge in [-0.3, -0.25) is 4.90 Å². The number of aromatic nitrogens is 1. The molecular weight excluding hydrogens is 427 g/mol. The number of benzene rings is 2. The number of aryl methyl sites for hydroxylation is 1. The van der Waals surface area contributed by atoms with E-state index in [-0.39, 0.29) is 24.1 Å². The molecule has 1 aliphatic carbocycles. The molecule has 3 aromatic rings. The molecule has 2 unspecified atom stereocenters. The largest absolute Gasteiger partial charge is 0.448 e. The molecule has 4 nitrogen and oxygen atoms in total. The third-order valence-electron chi connectivity index (χ3n) is 7.58. The lowest BCUT2D eigenvalue weighted by atomic mass is 9.83. The van der Waals surface area contributed by atoms with Crippen LogP contribution in [0.3, 0.4) is 0 Å². The van der Waals surface area contributed by atoms with E-state index < -0.39 is 5.95 Å². The van der Waals surface area contributed by atoms with E-state index in [1.807, 2.05) is 30.0 Å². The first-order chi connectivity index (χ1) is 16.6. The lowest BCUT2D eigenvalue weighted by Gasteiger charge is -2.44. The smallest absolute Gasteiger partial charge is 0.410 e. The highest BCUT2D eigenvalue weighted by Crippen LogP contribution is 2.45. The summed E-state index contributed by atoms with van der Waals surface area (Å²) in [6.45, 7) is 2.17. The number of amides is 1. The van der Waals surface area contributed by atoms with Crippen molar-refractivity contribution in [1.82, 2.24) is 9.88 Å². The number of fused-ring (bicyclic) bond motifs is 5. The van der Waals surface area contributed by atoms with Gasteiger partial charge in [0.1, 0.15) is 6.61 Å². The molecule has 5 heteroatoms. The van der Waals surface area contributed by atoms with Gasteiger partial charge in [-0.25, -0.2) is 9.78 Å². The molecule has 3 heterocycles. The number of carbonyl (C=O) groups is 1. The van der Waals surface area contributed by atoms with Crippen LogP contribution in [0.4, 0.5) is 9.18 Å². The summed E-state index contributed by atoms with van der Waals surface area (Å²) in [7, 11) is 0. The summed E-state index contributed by atoms with van der Waals surface area (Å²) >= 11 is 0. The molecule has 2 bridgehead atoms. The number of nitrogens with zero attached hydrogens (tertiary/aromatic N) is 2. The minimum absolute atomic E-state index is 0.00241. The van der Waals surface area contributed by atoms with E-state index in [9.17, 15) is 9.18 Å². The minimum Gasteiger partial charge on any atom is -0.448 e. The van der Waals surface area contributed by atoms with Crippen LogP contribution in [-0.4, -0.2) is 34.7 Å². The van der Waals surface area contributed by atoms with Gasteiger partial charge in [0.15, 0.2) is 0 Å². The van der Waals surface area contributed by atoms with Crippen molar-refractivity contribution in [2.75, 3.05) is 6.61 Å². The van der Waals surface area contributed by atoms with Crippen LogP contribution in [0.15, 0.2) is 66.7 Å². The Balaban J connectivity index is 1.23. The topological polar surface area (TPSA) is 42.4 Å². The monoisotopic (exact) mass is 454 g/mol. The first-order valence-electron chi connectivity index (χ1n) is 12.1. The highest BCUT2D eigenvalue weighted by Gasteiger charge is 2.39.